The number of amides is 1. The Labute approximate surface area is 141 Å². The molecule has 1 saturated heterocycles. The van der Waals surface area contributed by atoms with Crippen LogP contribution in [-0.4, -0.2) is 46.1 Å². The summed E-state index contributed by atoms with van der Waals surface area (Å²) in [5.74, 6) is -0.315. The van der Waals surface area contributed by atoms with Crippen LogP contribution in [0.2, 0.25) is 5.02 Å². The topological polar surface area (TPSA) is 89.3 Å². The molecule has 3 rings (SSSR count). The number of carbonyl (C=O) groups is 1. The normalized spacial score (nSPS) is 20.3. The lowest BCUT2D eigenvalue weighted by Gasteiger charge is -2.13. The van der Waals surface area contributed by atoms with E-state index >= 15 is 0 Å². The number of aliphatic hydroxyl groups excluding tert-OH is 1. The second-order valence-corrected chi connectivity index (χ2v) is 6.60. The Kier molecular flexibility index (Phi) is 4.48. The maximum Gasteiger partial charge on any atom is 0.263 e. The Morgan fingerprint density at radius 2 is 2.26 bits per heavy atom. The number of nitriles is 1. The Hall–Kier alpha value is -2.14. The summed E-state index contributed by atoms with van der Waals surface area (Å²) in [6, 6.07) is 6.83. The number of thiazole rings is 1. The molecule has 0 aliphatic carbocycles. The van der Waals surface area contributed by atoms with Gasteiger partial charge in [-0.15, -0.1) is 11.3 Å². The number of β-amino-alcohol motifs (C(OH)–C–C–N with tert-alkyl or cyclic N) is 1. The third-order valence-electron chi connectivity index (χ3n) is 3.58. The largest absolute Gasteiger partial charge is 0.389 e. The van der Waals surface area contributed by atoms with Crippen LogP contribution in [0.1, 0.15) is 9.67 Å². The zero-order chi connectivity index (χ0) is 16.4. The summed E-state index contributed by atoms with van der Waals surface area (Å²) in [5.41, 5.74) is 0.773. The van der Waals surface area contributed by atoms with E-state index in [-0.39, 0.29) is 12.5 Å². The van der Waals surface area contributed by atoms with Crippen LogP contribution in [0.5, 0.6) is 0 Å². The molecule has 1 fully saturated rings. The summed E-state index contributed by atoms with van der Waals surface area (Å²) in [4.78, 5) is 18.4. The van der Waals surface area contributed by atoms with Crippen LogP contribution in [0.4, 0.5) is 0 Å². The molecule has 0 radical (unpaired) electrons. The summed E-state index contributed by atoms with van der Waals surface area (Å²) in [6.07, 6.45) is 2.70. The minimum atomic E-state index is -0.755. The van der Waals surface area contributed by atoms with Gasteiger partial charge in [0.15, 0.2) is 6.19 Å². The van der Waals surface area contributed by atoms with E-state index in [0.717, 1.165) is 5.56 Å². The molecule has 0 saturated carbocycles. The first kappa shape index (κ1) is 15.7. The van der Waals surface area contributed by atoms with E-state index in [1.165, 1.54) is 22.4 Å². The maximum atomic E-state index is 12.3. The summed E-state index contributed by atoms with van der Waals surface area (Å²) >= 11 is 7.36. The van der Waals surface area contributed by atoms with Crippen molar-refractivity contribution in [2.24, 2.45) is 0 Å². The predicted octanol–water partition coefficient (Wildman–Crippen LogP) is 1.72. The van der Waals surface area contributed by atoms with Gasteiger partial charge in [0.1, 0.15) is 9.88 Å². The van der Waals surface area contributed by atoms with Crippen molar-refractivity contribution >= 4 is 28.8 Å². The molecular formula is C15H13ClN4O2S. The number of aromatic nitrogens is 1. The molecule has 1 aromatic heterocycles. The molecule has 0 spiro atoms. The fourth-order valence-electron chi connectivity index (χ4n) is 2.39. The molecule has 2 N–H and O–H groups in total. The Bertz CT molecular complexity index is 773. The first-order valence-electron chi connectivity index (χ1n) is 6.93. The average Bonchev–Trinajstić information content (AvgIpc) is 3.15. The monoisotopic (exact) mass is 348 g/mol. The highest BCUT2D eigenvalue weighted by Crippen LogP contribution is 2.30. The van der Waals surface area contributed by atoms with Gasteiger partial charge in [0.25, 0.3) is 5.91 Å². The van der Waals surface area contributed by atoms with Crippen molar-refractivity contribution in [1.82, 2.24) is 15.2 Å². The highest BCUT2D eigenvalue weighted by molar-refractivity contribution is 7.17. The number of nitrogens with one attached hydrogen (secondary N) is 1. The van der Waals surface area contributed by atoms with E-state index in [0.29, 0.717) is 21.5 Å². The number of aliphatic hydroxyl groups is 1. The Balaban J connectivity index is 1.72. The van der Waals surface area contributed by atoms with Crippen molar-refractivity contribution < 1.29 is 9.90 Å². The van der Waals surface area contributed by atoms with Crippen molar-refractivity contribution in [2.75, 3.05) is 13.1 Å². The van der Waals surface area contributed by atoms with Crippen molar-refractivity contribution in [3.8, 4) is 16.8 Å². The molecule has 1 aromatic carbocycles. The van der Waals surface area contributed by atoms with Gasteiger partial charge < -0.3 is 15.3 Å². The first-order chi connectivity index (χ1) is 11.1. The van der Waals surface area contributed by atoms with Crippen molar-refractivity contribution in [3.05, 3.63) is 40.4 Å². The lowest BCUT2D eigenvalue weighted by Crippen LogP contribution is -2.42. The van der Waals surface area contributed by atoms with Gasteiger partial charge in [0.2, 0.25) is 0 Å². The van der Waals surface area contributed by atoms with E-state index in [4.69, 9.17) is 16.9 Å². The Morgan fingerprint density at radius 3 is 2.96 bits per heavy atom. The van der Waals surface area contributed by atoms with Gasteiger partial charge in [0.05, 0.1) is 36.5 Å². The summed E-state index contributed by atoms with van der Waals surface area (Å²) < 4.78 is 0. The number of benzene rings is 1. The van der Waals surface area contributed by atoms with Gasteiger partial charge in [-0.3, -0.25) is 4.79 Å². The summed E-state index contributed by atoms with van der Waals surface area (Å²) in [7, 11) is 0. The summed E-state index contributed by atoms with van der Waals surface area (Å²) in [6.45, 7) is 0.536. The van der Waals surface area contributed by atoms with Crippen LogP contribution in [0.3, 0.4) is 0 Å². The molecule has 0 bridgehead atoms. The summed E-state index contributed by atoms with van der Waals surface area (Å²) in [5, 5.41) is 22.7. The molecule has 23 heavy (non-hydrogen) atoms. The van der Waals surface area contributed by atoms with Crippen LogP contribution in [0.25, 0.3) is 10.6 Å². The molecule has 118 valence electrons. The van der Waals surface area contributed by atoms with Gasteiger partial charge in [-0.1, -0.05) is 29.8 Å². The highest BCUT2D eigenvalue weighted by Gasteiger charge is 2.32. The van der Waals surface area contributed by atoms with Crippen LogP contribution in [0, 0.1) is 11.5 Å². The number of hydrogen-bond donors (Lipinski definition) is 2. The second-order valence-electron chi connectivity index (χ2n) is 5.16. The molecule has 6 nitrogen and oxygen atoms in total. The fourth-order valence-corrected chi connectivity index (χ4v) is 3.53. The van der Waals surface area contributed by atoms with Crippen molar-refractivity contribution in [1.29, 1.82) is 5.26 Å². The standard InChI is InChI=1S/C15H13ClN4O2S/c16-10-4-2-1-3-9(10)15-18-5-13(23-15)14(22)19-11-6-20(8-17)7-12(11)21/h1-5,11-12,21H,6-7H2,(H,19,22)/t11-,12-/m1/s1. The number of rotatable bonds is 3. The molecule has 1 aliphatic rings. The van der Waals surface area contributed by atoms with Crippen LogP contribution in [-0.2, 0) is 0 Å². The SMILES string of the molecule is N#CN1C[C@@H](O)[C@H](NC(=O)c2cnc(-c3ccccc3Cl)s2)C1. The average molecular weight is 349 g/mol. The molecule has 2 heterocycles. The van der Waals surface area contributed by atoms with Crippen molar-refractivity contribution in [2.45, 2.75) is 12.1 Å². The minimum Gasteiger partial charge on any atom is -0.389 e. The van der Waals surface area contributed by atoms with Gasteiger partial charge in [0, 0.05) is 5.56 Å². The van der Waals surface area contributed by atoms with Crippen molar-refractivity contribution in [3.63, 3.8) is 0 Å². The van der Waals surface area contributed by atoms with E-state index in [2.05, 4.69) is 10.3 Å². The lowest BCUT2D eigenvalue weighted by atomic mass is 10.2. The number of halogens is 1. The molecule has 0 unspecified atom stereocenters. The first-order valence-corrected chi connectivity index (χ1v) is 8.12. The minimum absolute atomic E-state index is 0.231. The molecule has 8 heteroatoms. The van der Waals surface area contributed by atoms with Gasteiger partial charge >= 0.3 is 0 Å². The third-order valence-corrected chi connectivity index (χ3v) is 4.94. The molecule has 2 aromatic rings. The van der Waals surface area contributed by atoms with E-state index in [1.54, 1.807) is 6.07 Å². The molecule has 1 amide bonds. The third kappa shape index (κ3) is 3.29. The zero-order valence-corrected chi connectivity index (χ0v) is 13.5. The van der Waals surface area contributed by atoms with Crippen LogP contribution < -0.4 is 5.32 Å². The predicted molar refractivity (Wildman–Crippen MR) is 87.0 cm³/mol. The number of nitrogens with zero attached hydrogens (tertiary/aromatic N) is 3. The maximum absolute atomic E-state index is 12.3. The second kappa shape index (κ2) is 6.54. The van der Waals surface area contributed by atoms with E-state index in [9.17, 15) is 9.90 Å². The number of carbonyl (C=O) groups excluding carboxylic acids is 1. The van der Waals surface area contributed by atoms with Gasteiger partial charge in [-0.05, 0) is 6.07 Å². The highest BCUT2D eigenvalue weighted by atomic mass is 35.5. The van der Waals surface area contributed by atoms with Crippen LogP contribution >= 0.6 is 22.9 Å². The van der Waals surface area contributed by atoms with E-state index in [1.807, 2.05) is 24.4 Å². The Morgan fingerprint density at radius 1 is 1.48 bits per heavy atom. The zero-order valence-electron chi connectivity index (χ0n) is 11.9. The fraction of sp³-hybridized carbons (Fsp3) is 0.267. The lowest BCUT2D eigenvalue weighted by molar-refractivity contribution is 0.0892. The quantitative estimate of drug-likeness (QED) is 0.824. The van der Waals surface area contributed by atoms with Crippen LogP contribution in [0.15, 0.2) is 30.5 Å². The molecular weight excluding hydrogens is 336 g/mol. The smallest absolute Gasteiger partial charge is 0.263 e. The van der Waals surface area contributed by atoms with Gasteiger partial charge in [-0.25, -0.2) is 4.98 Å². The number of hydrogen-bond acceptors (Lipinski definition) is 6. The van der Waals surface area contributed by atoms with E-state index < -0.39 is 12.1 Å². The molecule has 1 aliphatic heterocycles. The van der Waals surface area contributed by atoms with Gasteiger partial charge in [-0.2, -0.15) is 5.26 Å². The number of likely N-dealkylation sites (tertiary alicyclic amines) is 1. The molecule has 2 atom stereocenters.